The lowest BCUT2D eigenvalue weighted by Gasteiger charge is -2.34. The van der Waals surface area contributed by atoms with E-state index in [-0.39, 0.29) is 24.1 Å². The van der Waals surface area contributed by atoms with Crippen LogP contribution >= 0.6 is 0 Å². The Kier molecular flexibility index (Phi) is 8.90. The first-order valence-electron chi connectivity index (χ1n) is 7.85. The summed E-state index contributed by atoms with van der Waals surface area (Å²) in [5.41, 5.74) is 0. The lowest BCUT2D eigenvalue weighted by molar-refractivity contribution is -0.122. The zero-order valence-electron chi connectivity index (χ0n) is 13.8. The van der Waals surface area contributed by atoms with Crippen molar-refractivity contribution < 1.29 is 23.4 Å². The van der Waals surface area contributed by atoms with Crippen LogP contribution in [-0.4, -0.2) is 71.8 Å². The largest absolute Gasteiger partial charge is 0.483 e. The Morgan fingerprint density at radius 1 is 1.46 bits per heavy atom. The average molecular weight is 362 g/mol. The Hall–Kier alpha value is -1.49. The summed E-state index contributed by atoms with van der Waals surface area (Å²) in [7, 11) is -1.78. The Bertz CT molecular complexity index is 590. The molecule has 138 valence electrons. The molecule has 2 heterocycles. The van der Waals surface area contributed by atoms with E-state index in [0.717, 1.165) is 38.8 Å². The van der Waals surface area contributed by atoms with Crippen molar-refractivity contribution in [2.45, 2.75) is 36.8 Å². The van der Waals surface area contributed by atoms with Crippen LogP contribution in [0.15, 0.2) is 17.6 Å². The Morgan fingerprint density at radius 3 is 2.75 bits per heavy atom. The molecule has 3 N–H and O–H groups in total. The lowest BCUT2D eigenvalue weighted by Crippen LogP contribution is -2.43. The summed E-state index contributed by atoms with van der Waals surface area (Å²) >= 11 is 0. The van der Waals surface area contributed by atoms with Gasteiger partial charge in [-0.3, -0.25) is 9.69 Å². The predicted molar refractivity (Wildman–Crippen MR) is 88.0 cm³/mol. The average Bonchev–Trinajstić information content (AvgIpc) is 3.00. The molecule has 1 atom stereocenters. The minimum atomic E-state index is -3.51. The van der Waals surface area contributed by atoms with E-state index in [1.807, 2.05) is 0 Å². The summed E-state index contributed by atoms with van der Waals surface area (Å²) in [4.78, 5) is 14.5. The van der Waals surface area contributed by atoms with Crippen molar-refractivity contribution in [1.82, 2.24) is 19.2 Å². The summed E-state index contributed by atoms with van der Waals surface area (Å²) in [5, 5.41) is 16.3. The number of aryl methyl sites for hydroxylation is 1. The van der Waals surface area contributed by atoms with Crippen LogP contribution in [0.4, 0.5) is 0 Å². The van der Waals surface area contributed by atoms with Gasteiger partial charge in [-0.05, 0) is 32.4 Å². The van der Waals surface area contributed by atoms with Crippen LogP contribution in [0.5, 0.6) is 0 Å². The number of likely N-dealkylation sites (tertiary alicyclic amines) is 1. The number of nitrogens with one attached hydrogen (secondary N) is 1. The van der Waals surface area contributed by atoms with Crippen molar-refractivity contribution in [2.75, 3.05) is 26.2 Å². The third-order valence-electron chi connectivity index (χ3n) is 3.83. The molecule has 1 aromatic heterocycles. The van der Waals surface area contributed by atoms with E-state index < -0.39 is 10.0 Å². The fourth-order valence-corrected chi connectivity index (χ4v) is 3.70. The van der Waals surface area contributed by atoms with Gasteiger partial charge in [0.05, 0.1) is 12.9 Å². The summed E-state index contributed by atoms with van der Waals surface area (Å²) in [6.45, 7) is 2.10. The molecule has 10 heteroatoms. The molecule has 9 nitrogen and oxygen atoms in total. The van der Waals surface area contributed by atoms with Crippen molar-refractivity contribution >= 4 is 16.5 Å². The van der Waals surface area contributed by atoms with Gasteiger partial charge in [-0.2, -0.15) is 0 Å². The highest BCUT2D eigenvalue weighted by Crippen LogP contribution is 2.16. The number of imidazole rings is 1. The first-order valence-corrected chi connectivity index (χ1v) is 9.33. The molecular weight excluding hydrogens is 336 g/mol. The van der Waals surface area contributed by atoms with Gasteiger partial charge in [0.1, 0.15) is 0 Å². The monoisotopic (exact) mass is 362 g/mol. The summed E-state index contributed by atoms with van der Waals surface area (Å²) < 4.78 is 28.1. The maximum Gasteiger partial charge on any atom is 0.290 e. The number of sulfonamides is 1. The molecule has 0 bridgehead atoms. The summed E-state index contributed by atoms with van der Waals surface area (Å²) in [6.07, 6.45) is 7.01. The van der Waals surface area contributed by atoms with E-state index in [4.69, 9.17) is 9.90 Å². The first kappa shape index (κ1) is 20.6. The molecule has 0 saturated carbocycles. The highest BCUT2D eigenvalue weighted by Gasteiger charge is 2.21. The van der Waals surface area contributed by atoms with Crippen molar-refractivity contribution in [3.63, 3.8) is 0 Å². The zero-order valence-corrected chi connectivity index (χ0v) is 14.7. The van der Waals surface area contributed by atoms with Crippen LogP contribution in [-0.2, 0) is 21.9 Å². The maximum absolute atomic E-state index is 12.0. The molecule has 0 aromatic carbocycles. The van der Waals surface area contributed by atoms with Crippen LogP contribution in [0.2, 0.25) is 0 Å². The lowest BCUT2D eigenvalue weighted by atomic mass is 10.0. The molecule has 0 spiro atoms. The Balaban J connectivity index is 0.000000891. The van der Waals surface area contributed by atoms with Gasteiger partial charge in [0.2, 0.25) is 0 Å². The number of nitrogens with zero attached hydrogens (tertiary/aromatic N) is 3. The number of carboxylic acid groups (broad SMARTS) is 1. The van der Waals surface area contributed by atoms with Crippen molar-refractivity contribution in [3.05, 3.63) is 12.5 Å². The Labute approximate surface area is 142 Å². The minimum absolute atomic E-state index is 0.0520. The molecule has 1 unspecified atom stereocenters. The minimum Gasteiger partial charge on any atom is -0.483 e. The second-order valence-corrected chi connectivity index (χ2v) is 7.32. The van der Waals surface area contributed by atoms with Crippen LogP contribution < -0.4 is 4.72 Å². The second-order valence-electron chi connectivity index (χ2n) is 5.60. The number of aliphatic hydroxyl groups is 1. The molecule has 1 aromatic rings. The molecular formula is C14H26N4O5S. The third kappa shape index (κ3) is 6.56. The van der Waals surface area contributed by atoms with E-state index in [1.54, 1.807) is 11.6 Å². The standard InChI is InChI=1S/C13H24N4O3S.CH2O2/c1-16-9-13(14-11-16)21(19,20)15-6-4-8-17-7-3-2-5-12(17)10-18;2-1-3/h9,11-12,15,18H,2-8,10H2,1H3;1H,(H,2,3). The van der Waals surface area contributed by atoms with E-state index in [9.17, 15) is 13.5 Å². The number of rotatable bonds is 7. The number of hydrogen-bond donors (Lipinski definition) is 3. The fraction of sp³-hybridized carbons (Fsp3) is 0.714. The summed E-state index contributed by atoms with van der Waals surface area (Å²) in [6, 6.07) is 0.228. The van der Waals surface area contributed by atoms with Crippen LogP contribution in [0.25, 0.3) is 0 Å². The van der Waals surface area contributed by atoms with Crippen LogP contribution in [0, 0.1) is 0 Å². The van der Waals surface area contributed by atoms with Crippen LogP contribution in [0.1, 0.15) is 25.7 Å². The maximum atomic E-state index is 12.0. The number of aliphatic hydroxyl groups excluding tert-OH is 1. The SMILES string of the molecule is Cn1cnc(S(=O)(=O)NCCCN2CCCCC2CO)c1.O=CO. The third-order valence-corrected chi connectivity index (χ3v) is 5.18. The fourth-order valence-electron chi connectivity index (χ4n) is 2.65. The smallest absolute Gasteiger partial charge is 0.290 e. The number of carbonyl (C=O) groups is 1. The molecule has 1 fully saturated rings. The van der Waals surface area contributed by atoms with Gasteiger partial charge in [0.25, 0.3) is 16.5 Å². The molecule has 0 aliphatic carbocycles. The predicted octanol–water partition coefficient (Wildman–Crippen LogP) is -0.364. The van der Waals surface area contributed by atoms with Crippen molar-refractivity contribution in [3.8, 4) is 0 Å². The Morgan fingerprint density at radius 2 is 2.17 bits per heavy atom. The molecule has 24 heavy (non-hydrogen) atoms. The van der Waals surface area contributed by atoms with Gasteiger partial charge in [-0.15, -0.1) is 0 Å². The number of piperidine rings is 1. The van der Waals surface area contributed by atoms with E-state index >= 15 is 0 Å². The molecule has 1 aliphatic heterocycles. The molecule has 0 radical (unpaired) electrons. The quantitative estimate of drug-likeness (QED) is 0.447. The topological polar surface area (TPSA) is 125 Å². The van der Waals surface area contributed by atoms with Gasteiger partial charge in [0, 0.05) is 25.8 Å². The van der Waals surface area contributed by atoms with E-state index in [1.165, 1.54) is 12.5 Å². The van der Waals surface area contributed by atoms with Gasteiger partial charge in [-0.1, -0.05) is 6.42 Å². The molecule has 0 amide bonds. The highest BCUT2D eigenvalue weighted by molar-refractivity contribution is 7.89. The van der Waals surface area contributed by atoms with E-state index in [0.29, 0.717) is 6.54 Å². The highest BCUT2D eigenvalue weighted by atomic mass is 32.2. The van der Waals surface area contributed by atoms with Crippen LogP contribution in [0.3, 0.4) is 0 Å². The second kappa shape index (κ2) is 10.4. The van der Waals surface area contributed by atoms with E-state index in [2.05, 4.69) is 14.6 Å². The van der Waals surface area contributed by atoms with Gasteiger partial charge < -0.3 is 14.8 Å². The van der Waals surface area contributed by atoms with Gasteiger partial charge >= 0.3 is 0 Å². The van der Waals surface area contributed by atoms with Gasteiger partial charge in [-0.25, -0.2) is 18.1 Å². The van der Waals surface area contributed by atoms with Crippen molar-refractivity contribution in [2.24, 2.45) is 7.05 Å². The van der Waals surface area contributed by atoms with Gasteiger partial charge in [0.15, 0.2) is 5.03 Å². The molecule has 1 aliphatic rings. The zero-order chi connectivity index (χ0) is 18.0. The first-order chi connectivity index (χ1) is 11.4. The number of hydrogen-bond acceptors (Lipinski definition) is 6. The molecule has 1 saturated heterocycles. The number of aromatic nitrogens is 2. The summed E-state index contributed by atoms with van der Waals surface area (Å²) in [5.74, 6) is 0. The van der Waals surface area contributed by atoms with Crippen molar-refractivity contribution in [1.29, 1.82) is 0 Å². The molecule has 2 rings (SSSR count). The normalized spacial score (nSPS) is 18.7.